The minimum Gasteiger partial charge on any atom is -0.379 e. The summed E-state index contributed by atoms with van der Waals surface area (Å²) in [6, 6.07) is 64.7. The Morgan fingerprint density at radius 2 is 0.607 bits per heavy atom. The van der Waals surface area contributed by atoms with Crippen molar-refractivity contribution < 1.29 is 10.2 Å². The molecule has 0 saturated carbocycles. The molecule has 0 bridgehead atoms. The van der Waals surface area contributed by atoms with Crippen molar-refractivity contribution >= 4 is 21.5 Å². The van der Waals surface area contributed by atoms with Gasteiger partial charge in [0.25, 0.3) is 0 Å². The van der Waals surface area contributed by atoms with Crippen molar-refractivity contribution in [1.29, 1.82) is 0 Å². The number of benzene rings is 9. The summed E-state index contributed by atoms with van der Waals surface area (Å²) >= 11 is 0. The maximum absolute atomic E-state index is 13.9. The number of aliphatic hydroxyl groups is 2. The van der Waals surface area contributed by atoms with Gasteiger partial charge in [-0.1, -0.05) is 146 Å². The highest BCUT2D eigenvalue weighted by atomic mass is 16.3. The van der Waals surface area contributed by atoms with E-state index in [1.807, 2.05) is 12.1 Å². The van der Waals surface area contributed by atoms with Gasteiger partial charge in [-0.05, 0) is 147 Å². The zero-order valence-corrected chi connectivity index (χ0v) is 30.4. The predicted octanol–water partition coefficient (Wildman–Crippen LogP) is 12.1. The fourth-order valence-corrected chi connectivity index (χ4v) is 11.4. The third-order valence-corrected chi connectivity index (χ3v) is 13.7. The lowest BCUT2D eigenvalue weighted by molar-refractivity contribution is 0.0661. The normalized spacial score (nSPS) is 21.5. The van der Waals surface area contributed by atoms with Crippen LogP contribution in [-0.2, 0) is 11.2 Å². The highest BCUT2D eigenvalue weighted by Gasteiger charge is 2.56. The molecule has 262 valence electrons. The van der Waals surface area contributed by atoms with E-state index in [1.54, 1.807) is 0 Å². The van der Waals surface area contributed by atoms with Crippen LogP contribution < -0.4 is 0 Å². The largest absolute Gasteiger partial charge is 0.379 e. The maximum atomic E-state index is 13.9. The predicted molar refractivity (Wildman–Crippen MR) is 226 cm³/mol. The van der Waals surface area contributed by atoms with Crippen molar-refractivity contribution in [3.8, 4) is 44.5 Å². The van der Waals surface area contributed by atoms with Gasteiger partial charge in [0.1, 0.15) is 11.2 Å². The molecule has 9 aromatic rings. The maximum Gasteiger partial charge on any atom is 0.127 e. The topological polar surface area (TPSA) is 40.5 Å². The van der Waals surface area contributed by atoms with Crippen LogP contribution >= 0.6 is 0 Å². The SMILES string of the molecule is OC1(C2c3ccccc3-c3cc4ccccc4cc32)c2ccccc2-c2cc3c(cc21)-c1ccccc1C3(O)C1c2ccccc2-c2cc3ccccc3cc21. The molecular weight excluding hydrogens is 681 g/mol. The van der Waals surface area contributed by atoms with Crippen molar-refractivity contribution in [2.75, 3.05) is 0 Å². The van der Waals surface area contributed by atoms with Crippen LogP contribution in [0.3, 0.4) is 0 Å². The van der Waals surface area contributed by atoms with Crippen molar-refractivity contribution in [3.63, 3.8) is 0 Å². The van der Waals surface area contributed by atoms with E-state index in [0.29, 0.717) is 0 Å². The summed E-state index contributed by atoms with van der Waals surface area (Å²) in [5, 5.41) is 32.5. The van der Waals surface area contributed by atoms with Gasteiger partial charge < -0.3 is 10.2 Å². The molecule has 0 amide bonds. The van der Waals surface area contributed by atoms with Gasteiger partial charge in [-0.2, -0.15) is 0 Å². The molecule has 13 rings (SSSR count). The van der Waals surface area contributed by atoms with Gasteiger partial charge in [-0.25, -0.2) is 0 Å². The van der Waals surface area contributed by atoms with Crippen molar-refractivity contribution in [3.05, 3.63) is 226 Å². The second-order valence-electron chi connectivity index (χ2n) is 16.2. The molecule has 2 N–H and O–H groups in total. The highest BCUT2D eigenvalue weighted by molar-refractivity contribution is 5.97. The molecule has 9 aromatic carbocycles. The number of fused-ring (bicyclic) bond motifs is 14. The molecule has 0 aromatic heterocycles. The van der Waals surface area contributed by atoms with E-state index >= 15 is 0 Å². The molecule has 0 saturated heterocycles. The fourth-order valence-electron chi connectivity index (χ4n) is 11.4. The van der Waals surface area contributed by atoms with E-state index in [4.69, 9.17) is 0 Å². The minimum atomic E-state index is -1.37. The number of hydrogen-bond acceptors (Lipinski definition) is 2. The standard InChI is InChI=1S/C54H34O2/c55-53(51-39-21-7-5-17-35(39)41-25-31-13-1-3-15-33(31)27-45(41)51)47-23-11-9-19-37(47)43-30-50-44(29-49(43)53)38-20-10-12-24-48(38)54(50,56)52-40-22-8-6-18-36(40)42-26-32-14-2-4-16-34(32)28-46(42)52/h1-30,51-52,55-56H. The molecule has 2 heteroatoms. The van der Waals surface area contributed by atoms with E-state index in [2.05, 4.69) is 170 Å². The first-order valence-electron chi connectivity index (χ1n) is 19.6. The average molecular weight is 715 g/mol. The van der Waals surface area contributed by atoms with Gasteiger partial charge in [-0.15, -0.1) is 0 Å². The Bertz CT molecular complexity index is 2990. The van der Waals surface area contributed by atoms with E-state index in [0.717, 1.165) is 77.5 Å². The lowest BCUT2D eigenvalue weighted by Gasteiger charge is -2.35. The van der Waals surface area contributed by atoms with Gasteiger partial charge in [-0.3, -0.25) is 0 Å². The highest BCUT2D eigenvalue weighted by Crippen LogP contribution is 2.66. The Morgan fingerprint density at radius 1 is 0.268 bits per heavy atom. The van der Waals surface area contributed by atoms with E-state index in [9.17, 15) is 10.2 Å². The van der Waals surface area contributed by atoms with Crippen molar-refractivity contribution in [2.45, 2.75) is 23.0 Å². The summed E-state index contributed by atoms with van der Waals surface area (Å²) in [7, 11) is 0. The summed E-state index contributed by atoms with van der Waals surface area (Å²) in [5.41, 5.74) is 14.0. The molecule has 4 atom stereocenters. The first kappa shape index (κ1) is 30.7. The molecule has 0 aliphatic heterocycles. The molecule has 56 heavy (non-hydrogen) atoms. The monoisotopic (exact) mass is 714 g/mol. The number of rotatable bonds is 2. The van der Waals surface area contributed by atoms with Gasteiger partial charge in [0.05, 0.1) is 0 Å². The third kappa shape index (κ3) is 3.65. The van der Waals surface area contributed by atoms with Gasteiger partial charge in [0, 0.05) is 11.8 Å². The van der Waals surface area contributed by atoms with E-state index < -0.39 is 11.2 Å². The molecule has 0 radical (unpaired) electrons. The van der Waals surface area contributed by atoms with Crippen LogP contribution in [0.2, 0.25) is 0 Å². The molecular formula is C54H34O2. The zero-order chi connectivity index (χ0) is 36.9. The summed E-state index contributed by atoms with van der Waals surface area (Å²) in [6.07, 6.45) is 0. The molecule has 4 unspecified atom stereocenters. The summed E-state index contributed by atoms with van der Waals surface area (Å²) < 4.78 is 0. The van der Waals surface area contributed by atoms with Gasteiger partial charge >= 0.3 is 0 Å². The lowest BCUT2D eigenvalue weighted by Crippen LogP contribution is -2.34. The van der Waals surface area contributed by atoms with E-state index in [1.165, 1.54) is 33.0 Å². The molecule has 4 aliphatic carbocycles. The van der Waals surface area contributed by atoms with Crippen LogP contribution in [0.15, 0.2) is 182 Å². The Balaban J connectivity index is 1.09. The Kier molecular flexibility index (Phi) is 5.81. The van der Waals surface area contributed by atoms with Crippen molar-refractivity contribution in [1.82, 2.24) is 0 Å². The smallest absolute Gasteiger partial charge is 0.127 e. The molecule has 2 nitrogen and oxygen atoms in total. The first-order chi connectivity index (χ1) is 27.5. The average Bonchev–Trinajstić information content (AvgIpc) is 3.91. The molecule has 0 fully saturated rings. The van der Waals surface area contributed by atoms with E-state index in [-0.39, 0.29) is 11.8 Å². The van der Waals surface area contributed by atoms with Crippen LogP contribution in [0.25, 0.3) is 66.1 Å². The fraction of sp³-hybridized carbons (Fsp3) is 0.0741. The minimum absolute atomic E-state index is 0.337. The summed E-state index contributed by atoms with van der Waals surface area (Å²) in [5.74, 6) is -0.674. The second kappa shape index (κ2) is 10.6. The zero-order valence-electron chi connectivity index (χ0n) is 30.4. The quantitative estimate of drug-likeness (QED) is 0.187. The Morgan fingerprint density at radius 3 is 1.04 bits per heavy atom. The second-order valence-corrected chi connectivity index (χ2v) is 16.2. The first-order valence-corrected chi connectivity index (χ1v) is 19.6. The van der Waals surface area contributed by atoms with Gasteiger partial charge in [0.2, 0.25) is 0 Å². The van der Waals surface area contributed by atoms with Crippen LogP contribution in [-0.4, -0.2) is 10.2 Å². The Hall–Kier alpha value is -6.58. The van der Waals surface area contributed by atoms with Crippen molar-refractivity contribution in [2.24, 2.45) is 0 Å². The molecule has 4 aliphatic rings. The molecule has 0 spiro atoms. The number of hydrogen-bond donors (Lipinski definition) is 2. The molecule has 0 heterocycles. The lowest BCUT2D eigenvalue weighted by atomic mass is 9.72. The summed E-state index contributed by atoms with van der Waals surface area (Å²) in [4.78, 5) is 0. The van der Waals surface area contributed by atoms with Crippen LogP contribution in [0.1, 0.15) is 56.3 Å². The van der Waals surface area contributed by atoms with Crippen LogP contribution in [0.5, 0.6) is 0 Å². The third-order valence-electron chi connectivity index (χ3n) is 13.7. The van der Waals surface area contributed by atoms with Crippen LogP contribution in [0.4, 0.5) is 0 Å². The summed E-state index contributed by atoms with van der Waals surface area (Å²) in [6.45, 7) is 0. The van der Waals surface area contributed by atoms with Gasteiger partial charge in [0.15, 0.2) is 0 Å². The Labute approximate surface area is 324 Å². The van der Waals surface area contributed by atoms with Crippen LogP contribution in [0, 0.1) is 0 Å².